The molecule has 79 heavy (non-hydrogen) atoms. The normalized spacial score (nSPS) is 39.4. The maximum absolute atomic E-state index is 13.5. The fourth-order valence-corrected chi connectivity index (χ4v) is 10.5. The number of hydrogen-bond donors (Lipinski definition) is 14. The van der Waals surface area contributed by atoms with E-state index in [-0.39, 0.29) is 80.7 Å². The van der Waals surface area contributed by atoms with Crippen LogP contribution in [0.2, 0.25) is 0 Å². The van der Waals surface area contributed by atoms with E-state index in [1.54, 1.807) is 66.8 Å². The van der Waals surface area contributed by atoms with Crippen LogP contribution in [0, 0.1) is 23.7 Å². The van der Waals surface area contributed by atoms with Crippen molar-refractivity contribution in [3.63, 3.8) is 0 Å². The molecule has 20 unspecified atom stereocenters. The standard InChI is InChI=1S/C59H88N2O18/c1-35-16-14-12-10-8-6-4-5-7-9-11-13-15-17-48(78-58-56(73)54(61)55(72)37(3)77-58)32-52-53(57(74)75)51(71)34-59(76,79-52)33-47(69)29-45(67)27-43(65)25-41(63)24-42(64)26-44(66)28-46(68)30-49(35)36(2)18-23-40(62)31-50(70)38-19-21-39(60)22-20-38/h4-17,19-22,35-37,40-45,47-49,51-56,58,62-67,69,71-73,76H,18,23-34,60-61H2,1-3H3,(H,74,75)/b5-4+,8-6+,9-7+,12-10+,13-11+,16-14+,17-15+. The number of fused-ring (bicyclic) bond motifs is 2. The number of carboxylic acids is 1. The SMILES string of the molecule is CC1/C=C/C=C/C=C/C=C/C=C/C=C/C=C/C(OC2OC(C)C(O)C(N)C2O)CC2OC(O)(CC(O)CC(O)CC(O)CC(O)CC(O)CC(O)CC(=O)CC1C(C)CCC(O)CC(=O)c1ccc(N)cc1)CC(O)C2C(=O)O. The van der Waals surface area contributed by atoms with E-state index in [4.69, 9.17) is 25.7 Å². The first kappa shape index (κ1) is 66.9. The molecule has 0 aromatic heterocycles. The number of benzene rings is 1. The number of Topliss-reactive ketones (excluding diaryl/α,β-unsaturated/α-hetero) is 2. The molecule has 1 aromatic rings. The molecule has 0 radical (unpaired) electrons. The Bertz CT molecular complexity index is 2230. The highest BCUT2D eigenvalue weighted by Gasteiger charge is 2.51. The fraction of sp³-hybridized carbons (Fsp3) is 0.610. The number of nitrogen functional groups attached to an aromatic ring is 1. The first-order valence-corrected chi connectivity index (χ1v) is 27.4. The molecule has 2 saturated heterocycles. The van der Waals surface area contributed by atoms with Crippen LogP contribution in [0.15, 0.2) is 109 Å². The lowest BCUT2D eigenvalue weighted by Gasteiger charge is -2.45. The number of allylic oxidation sites excluding steroid dienone is 13. The van der Waals surface area contributed by atoms with E-state index in [1.165, 1.54) is 13.0 Å². The van der Waals surface area contributed by atoms with Crippen molar-refractivity contribution < 1.29 is 89.9 Å². The van der Waals surface area contributed by atoms with Gasteiger partial charge < -0.3 is 87.0 Å². The fourth-order valence-electron chi connectivity index (χ4n) is 10.5. The molecule has 2 fully saturated rings. The molecule has 442 valence electrons. The van der Waals surface area contributed by atoms with Gasteiger partial charge in [0.1, 0.15) is 17.8 Å². The van der Waals surface area contributed by atoms with Gasteiger partial charge in [0.25, 0.3) is 0 Å². The largest absolute Gasteiger partial charge is 0.481 e. The van der Waals surface area contributed by atoms with Crippen LogP contribution in [0.3, 0.4) is 0 Å². The number of ether oxygens (including phenoxy) is 3. The zero-order valence-corrected chi connectivity index (χ0v) is 45.5. The number of aliphatic carboxylic acids is 1. The van der Waals surface area contributed by atoms with E-state index < -0.39 is 129 Å². The van der Waals surface area contributed by atoms with Crippen LogP contribution in [-0.2, 0) is 23.8 Å². The molecule has 0 saturated carbocycles. The summed E-state index contributed by atoms with van der Waals surface area (Å²) in [5.74, 6) is -6.30. The highest BCUT2D eigenvalue weighted by Crippen LogP contribution is 2.38. The molecular weight excluding hydrogens is 1020 g/mol. The monoisotopic (exact) mass is 1110 g/mol. The van der Waals surface area contributed by atoms with Gasteiger partial charge in [0, 0.05) is 49.8 Å². The molecule has 0 aliphatic carbocycles. The van der Waals surface area contributed by atoms with Crippen LogP contribution < -0.4 is 11.5 Å². The zero-order valence-electron chi connectivity index (χ0n) is 45.5. The lowest BCUT2D eigenvalue weighted by Crippen LogP contribution is -2.61. The third-order valence-electron chi connectivity index (χ3n) is 14.8. The predicted octanol–water partition coefficient (Wildman–Crippen LogP) is 2.74. The molecule has 20 atom stereocenters. The highest BCUT2D eigenvalue weighted by molar-refractivity contribution is 5.96. The maximum atomic E-state index is 13.5. The number of hydrogen-bond acceptors (Lipinski definition) is 19. The van der Waals surface area contributed by atoms with Crippen LogP contribution in [0.4, 0.5) is 5.69 Å². The molecule has 3 aliphatic rings. The zero-order chi connectivity index (χ0) is 58.4. The average molecular weight is 1110 g/mol. The Balaban J connectivity index is 1.54. The number of nitrogens with two attached hydrogens (primary N) is 2. The van der Waals surface area contributed by atoms with Crippen molar-refractivity contribution in [3.8, 4) is 0 Å². The number of ketones is 2. The molecule has 3 heterocycles. The van der Waals surface area contributed by atoms with E-state index in [0.29, 0.717) is 24.1 Å². The summed E-state index contributed by atoms with van der Waals surface area (Å²) in [6.45, 7) is 5.48. The van der Waals surface area contributed by atoms with Gasteiger partial charge in [-0.05, 0) is 93.9 Å². The summed E-state index contributed by atoms with van der Waals surface area (Å²) in [6, 6.07) is 5.31. The maximum Gasteiger partial charge on any atom is 0.311 e. The molecule has 0 amide bonds. The summed E-state index contributed by atoms with van der Waals surface area (Å²) in [6.07, 6.45) is 3.69. The first-order chi connectivity index (χ1) is 37.3. The van der Waals surface area contributed by atoms with E-state index in [1.807, 2.05) is 50.3 Å². The topological polar surface area (TPSA) is 374 Å². The molecule has 1 aromatic carbocycles. The Morgan fingerprint density at radius 1 is 0.684 bits per heavy atom. The number of carbonyl (C=O) groups excluding carboxylic acids is 2. The van der Waals surface area contributed by atoms with Gasteiger partial charge in [-0.3, -0.25) is 14.4 Å². The quantitative estimate of drug-likeness (QED) is 0.118. The van der Waals surface area contributed by atoms with Crippen molar-refractivity contribution in [1.29, 1.82) is 0 Å². The van der Waals surface area contributed by atoms with E-state index in [9.17, 15) is 75.7 Å². The lowest BCUT2D eigenvalue weighted by atomic mass is 9.76. The van der Waals surface area contributed by atoms with Crippen LogP contribution >= 0.6 is 0 Å². The highest BCUT2D eigenvalue weighted by atomic mass is 16.7. The average Bonchev–Trinajstić information content (AvgIpc) is 3.35. The van der Waals surface area contributed by atoms with Gasteiger partial charge in [-0.25, -0.2) is 0 Å². The molecule has 20 heteroatoms. The van der Waals surface area contributed by atoms with Crippen molar-refractivity contribution >= 4 is 23.2 Å². The summed E-state index contributed by atoms with van der Waals surface area (Å²) in [5, 5.41) is 130. The van der Waals surface area contributed by atoms with E-state index in [2.05, 4.69) is 0 Å². The Labute approximate surface area is 463 Å². The minimum absolute atomic E-state index is 0.0794. The summed E-state index contributed by atoms with van der Waals surface area (Å²) >= 11 is 0. The third kappa shape index (κ3) is 23.4. The smallest absolute Gasteiger partial charge is 0.311 e. The molecule has 20 nitrogen and oxygen atoms in total. The molecule has 16 N–H and O–H groups in total. The Morgan fingerprint density at radius 2 is 1.19 bits per heavy atom. The first-order valence-electron chi connectivity index (χ1n) is 27.4. The van der Waals surface area contributed by atoms with Gasteiger partial charge in [0.05, 0.1) is 79.3 Å². The van der Waals surface area contributed by atoms with Crippen molar-refractivity contribution in [2.75, 3.05) is 5.73 Å². The Hall–Kier alpha value is -4.59. The molecule has 4 rings (SSSR count). The van der Waals surface area contributed by atoms with Gasteiger partial charge in [-0.15, -0.1) is 0 Å². The van der Waals surface area contributed by atoms with Crippen molar-refractivity contribution in [2.45, 2.75) is 202 Å². The van der Waals surface area contributed by atoms with Crippen molar-refractivity contribution in [2.24, 2.45) is 29.4 Å². The van der Waals surface area contributed by atoms with Gasteiger partial charge in [0.2, 0.25) is 0 Å². The number of carbonyl (C=O) groups is 3. The second-order valence-electron chi connectivity index (χ2n) is 21.8. The number of rotatable bonds is 10. The van der Waals surface area contributed by atoms with E-state index >= 15 is 0 Å². The molecule has 0 spiro atoms. The number of aliphatic hydroxyl groups is 11. The summed E-state index contributed by atoms with van der Waals surface area (Å²) in [7, 11) is 0. The lowest BCUT2D eigenvalue weighted by molar-refractivity contribution is -0.308. The second-order valence-corrected chi connectivity index (χ2v) is 21.8. The Morgan fingerprint density at radius 3 is 1.73 bits per heavy atom. The van der Waals surface area contributed by atoms with Gasteiger partial charge >= 0.3 is 5.97 Å². The summed E-state index contributed by atoms with van der Waals surface area (Å²) in [4.78, 5) is 38.9. The minimum atomic E-state index is -2.33. The van der Waals surface area contributed by atoms with Crippen molar-refractivity contribution in [1.82, 2.24) is 0 Å². The third-order valence-corrected chi connectivity index (χ3v) is 14.8. The van der Waals surface area contributed by atoms with Gasteiger partial charge in [-0.2, -0.15) is 0 Å². The molecular formula is C59H88N2O18. The van der Waals surface area contributed by atoms with Crippen LogP contribution in [0.25, 0.3) is 0 Å². The number of anilines is 1. The van der Waals surface area contributed by atoms with Gasteiger partial charge in [-0.1, -0.05) is 98.9 Å². The van der Waals surface area contributed by atoms with Gasteiger partial charge in [0.15, 0.2) is 17.9 Å². The number of carboxylic acid groups (broad SMARTS) is 1. The second kappa shape index (κ2) is 33.4. The van der Waals surface area contributed by atoms with E-state index in [0.717, 1.165) is 0 Å². The molecule has 3 aliphatic heterocycles. The predicted molar refractivity (Wildman–Crippen MR) is 294 cm³/mol. The minimum Gasteiger partial charge on any atom is -0.481 e. The summed E-state index contributed by atoms with van der Waals surface area (Å²) < 4.78 is 17.8. The van der Waals surface area contributed by atoms with Crippen molar-refractivity contribution in [3.05, 3.63) is 115 Å². The Kier molecular flexibility index (Phi) is 28.3. The summed E-state index contributed by atoms with van der Waals surface area (Å²) in [5.41, 5.74) is 12.8. The molecule has 2 bridgehead atoms. The van der Waals surface area contributed by atoms with Crippen LogP contribution in [0.5, 0.6) is 0 Å². The van der Waals surface area contributed by atoms with Crippen LogP contribution in [0.1, 0.15) is 115 Å². The number of aliphatic hydroxyl groups excluding tert-OH is 10. The van der Waals surface area contributed by atoms with Crippen LogP contribution in [-0.4, -0.2) is 176 Å².